The first kappa shape index (κ1) is 24.2. The number of carbonyl (C=O) groups is 1. The largest absolute Gasteiger partial charge is 0.497 e. The van der Waals surface area contributed by atoms with Crippen LogP contribution in [0.15, 0.2) is 24.3 Å². The second kappa shape index (κ2) is 11.9. The Balaban J connectivity index is 2.20. The summed E-state index contributed by atoms with van der Waals surface area (Å²) in [7, 11) is 1.64. The van der Waals surface area contributed by atoms with Crippen LogP contribution in [0, 0.1) is 5.92 Å². The van der Waals surface area contributed by atoms with E-state index in [2.05, 4.69) is 10.6 Å². The average Bonchev–Trinajstić information content (AvgIpc) is 2.63. The van der Waals surface area contributed by atoms with Crippen LogP contribution in [0.3, 0.4) is 0 Å². The van der Waals surface area contributed by atoms with Gasteiger partial charge in [0.05, 0.1) is 26.4 Å². The predicted molar refractivity (Wildman–Crippen MR) is 110 cm³/mol. The molecule has 0 heterocycles. The molecule has 3 N–H and O–H groups in total. The molecule has 28 heavy (non-hydrogen) atoms. The number of amides is 1. The number of nitrogens with one attached hydrogen (secondary N) is 2. The van der Waals surface area contributed by atoms with E-state index in [9.17, 15) is 9.90 Å². The van der Waals surface area contributed by atoms with E-state index in [1.54, 1.807) is 27.9 Å². The summed E-state index contributed by atoms with van der Waals surface area (Å²) in [5.41, 5.74) is 0.536. The van der Waals surface area contributed by atoms with Crippen molar-refractivity contribution in [1.29, 1.82) is 0 Å². The number of rotatable bonds is 11. The molecule has 160 valence electrons. The highest BCUT2D eigenvalue weighted by Gasteiger charge is 2.19. The van der Waals surface area contributed by atoms with E-state index in [-0.39, 0.29) is 18.5 Å². The van der Waals surface area contributed by atoms with Gasteiger partial charge in [0.1, 0.15) is 11.4 Å². The Bertz CT molecular complexity index is 571. The smallest absolute Gasteiger partial charge is 0.407 e. The summed E-state index contributed by atoms with van der Waals surface area (Å²) in [4.78, 5) is 11.6. The lowest BCUT2D eigenvalue weighted by atomic mass is 10.0. The van der Waals surface area contributed by atoms with Crippen LogP contribution in [0.4, 0.5) is 4.79 Å². The normalized spacial score (nSPS) is 14.8. The highest BCUT2D eigenvalue weighted by molar-refractivity contribution is 5.67. The lowest BCUT2D eigenvalue weighted by Crippen LogP contribution is -2.42. The molecule has 0 unspecified atom stereocenters. The number of carbonyl (C=O) groups excluding carboxylic acids is 1. The molecule has 1 amide bonds. The van der Waals surface area contributed by atoms with Crippen molar-refractivity contribution in [2.45, 2.75) is 59.0 Å². The van der Waals surface area contributed by atoms with Gasteiger partial charge in [-0.05, 0) is 51.3 Å². The van der Waals surface area contributed by atoms with Crippen molar-refractivity contribution in [1.82, 2.24) is 10.6 Å². The van der Waals surface area contributed by atoms with Gasteiger partial charge in [-0.1, -0.05) is 19.1 Å². The van der Waals surface area contributed by atoms with Crippen LogP contribution in [-0.4, -0.2) is 55.8 Å². The van der Waals surface area contributed by atoms with Crippen molar-refractivity contribution in [2.24, 2.45) is 5.92 Å². The first-order chi connectivity index (χ1) is 13.1. The maximum Gasteiger partial charge on any atom is 0.407 e. The topological polar surface area (TPSA) is 89.0 Å². The van der Waals surface area contributed by atoms with Gasteiger partial charge in [0.2, 0.25) is 0 Å². The van der Waals surface area contributed by atoms with Gasteiger partial charge in [-0.15, -0.1) is 0 Å². The van der Waals surface area contributed by atoms with Gasteiger partial charge in [0.15, 0.2) is 0 Å². The summed E-state index contributed by atoms with van der Waals surface area (Å²) in [6, 6.07) is 7.93. The molecule has 0 aliphatic heterocycles. The summed E-state index contributed by atoms with van der Waals surface area (Å²) in [5, 5.41) is 16.1. The summed E-state index contributed by atoms with van der Waals surface area (Å²) in [6.07, 6.45) is -1.18. The van der Waals surface area contributed by atoms with Gasteiger partial charge in [0.25, 0.3) is 0 Å². The van der Waals surface area contributed by atoms with Crippen LogP contribution in [0.2, 0.25) is 0 Å². The van der Waals surface area contributed by atoms with E-state index in [4.69, 9.17) is 14.2 Å². The molecule has 7 nitrogen and oxygen atoms in total. The van der Waals surface area contributed by atoms with E-state index in [1.807, 2.05) is 38.1 Å². The van der Waals surface area contributed by atoms with Crippen LogP contribution in [-0.2, 0) is 16.1 Å². The number of hydrogen-bond acceptors (Lipinski definition) is 6. The molecule has 7 heteroatoms. The zero-order valence-corrected chi connectivity index (χ0v) is 18.0. The minimum atomic E-state index is -0.660. The molecule has 1 aromatic carbocycles. The van der Waals surface area contributed by atoms with Crippen LogP contribution < -0.4 is 15.4 Å². The fourth-order valence-electron chi connectivity index (χ4n) is 2.36. The third kappa shape index (κ3) is 10.5. The van der Waals surface area contributed by atoms with Crippen molar-refractivity contribution in [3.05, 3.63) is 29.8 Å². The number of hydrogen-bond donors (Lipinski definition) is 3. The van der Waals surface area contributed by atoms with Crippen molar-refractivity contribution >= 4 is 6.09 Å². The highest BCUT2D eigenvalue weighted by atomic mass is 16.6. The molecule has 1 rings (SSSR count). The number of ether oxygens (including phenoxy) is 3. The first-order valence-corrected chi connectivity index (χ1v) is 9.69. The molecule has 1 aromatic rings. The van der Waals surface area contributed by atoms with E-state index >= 15 is 0 Å². The van der Waals surface area contributed by atoms with E-state index in [0.717, 1.165) is 11.3 Å². The minimum absolute atomic E-state index is 0.0287. The Morgan fingerprint density at radius 3 is 2.36 bits per heavy atom. The maximum atomic E-state index is 11.6. The lowest BCUT2D eigenvalue weighted by Gasteiger charge is -2.24. The quantitative estimate of drug-likeness (QED) is 0.533. The SMILES string of the molecule is COc1ccc(COC[C@H](C)NC[C@@H](C)[C@@H](O)CNC(=O)OC(C)(C)C)cc1. The summed E-state index contributed by atoms with van der Waals surface area (Å²) >= 11 is 0. The van der Waals surface area contributed by atoms with Crippen molar-refractivity contribution < 1.29 is 24.1 Å². The zero-order valence-electron chi connectivity index (χ0n) is 18.0. The van der Waals surface area contributed by atoms with Crippen LogP contribution in [0.5, 0.6) is 5.75 Å². The number of alkyl carbamates (subject to hydrolysis) is 1. The van der Waals surface area contributed by atoms with Crippen molar-refractivity contribution in [3.8, 4) is 5.75 Å². The Kier molecular flexibility index (Phi) is 10.3. The Labute approximate surface area is 168 Å². The molecule has 0 spiro atoms. The van der Waals surface area contributed by atoms with E-state index in [1.165, 1.54) is 0 Å². The van der Waals surface area contributed by atoms with Crippen molar-refractivity contribution in [2.75, 3.05) is 26.8 Å². The fraction of sp³-hybridized carbons (Fsp3) is 0.667. The zero-order chi connectivity index (χ0) is 21.2. The number of aliphatic hydroxyl groups is 1. The van der Waals surface area contributed by atoms with Crippen molar-refractivity contribution in [3.63, 3.8) is 0 Å². The molecule has 0 aromatic heterocycles. The van der Waals surface area contributed by atoms with Gasteiger partial charge < -0.3 is 30.0 Å². The molecule has 0 saturated heterocycles. The number of methoxy groups -OCH3 is 1. The van der Waals surface area contributed by atoms with E-state index in [0.29, 0.717) is 19.8 Å². The van der Waals surface area contributed by atoms with Gasteiger partial charge in [0, 0.05) is 19.1 Å². The van der Waals surface area contributed by atoms with Gasteiger partial charge in [-0.2, -0.15) is 0 Å². The molecule has 0 bridgehead atoms. The average molecular weight is 397 g/mol. The molecular weight excluding hydrogens is 360 g/mol. The predicted octanol–water partition coefficient (Wildman–Crippen LogP) is 2.71. The summed E-state index contributed by atoms with van der Waals surface area (Å²) in [6.45, 7) is 11.2. The number of benzene rings is 1. The second-order valence-corrected chi connectivity index (χ2v) is 8.10. The minimum Gasteiger partial charge on any atom is -0.497 e. The molecular formula is C21H36N2O5. The Morgan fingerprint density at radius 1 is 1.14 bits per heavy atom. The molecule has 0 radical (unpaired) electrons. The van der Waals surface area contributed by atoms with Crippen LogP contribution >= 0.6 is 0 Å². The molecule has 0 fully saturated rings. The summed E-state index contributed by atoms with van der Waals surface area (Å²) < 4.78 is 16.0. The molecule has 0 saturated carbocycles. The monoisotopic (exact) mass is 396 g/mol. The third-order valence-corrected chi connectivity index (χ3v) is 4.10. The second-order valence-electron chi connectivity index (χ2n) is 8.10. The fourth-order valence-corrected chi connectivity index (χ4v) is 2.36. The highest BCUT2D eigenvalue weighted by Crippen LogP contribution is 2.12. The first-order valence-electron chi connectivity index (χ1n) is 9.69. The standard InChI is InChI=1S/C21H36N2O5/c1-15(19(24)12-23-20(25)28-21(3,4)5)11-22-16(2)13-27-14-17-7-9-18(26-6)10-8-17/h7-10,15-16,19,22,24H,11-14H2,1-6H3,(H,23,25)/t15-,16+,19+/m1/s1. The van der Waals surface area contributed by atoms with Gasteiger partial charge in [-0.3, -0.25) is 0 Å². The maximum absolute atomic E-state index is 11.6. The number of aliphatic hydroxyl groups excluding tert-OH is 1. The van der Waals surface area contributed by atoms with Gasteiger partial charge in [-0.25, -0.2) is 4.79 Å². The molecule has 3 atom stereocenters. The Hall–Kier alpha value is -1.83. The summed E-state index contributed by atoms with van der Waals surface area (Å²) in [5.74, 6) is 0.798. The van der Waals surface area contributed by atoms with Gasteiger partial charge >= 0.3 is 6.09 Å². The lowest BCUT2D eigenvalue weighted by molar-refractivity contribution is 0.0456. The van der Waals surface area contributed by atoms with Crippen LogP contribution in [0.1, 0.15) is 40.2 Å². The molecule has 0 aliphatic carbocycles. The van der Waals surface area contributed by atoms with E-state index < -0.39 is 17.8 Å². The third-order valence-electron chi connectivity index (χ3n) is 4.10. The van der Waals surface area contributed by atoms with Crippen LogP contribution in [0.25, 0.3) is 0 Å². The molecule has 0 aliphatic rings. The Morgan fingerprint density at radius 2 is 1.79 bits per heavy atom.